The first-order valence-electron chi connectivity index (χ1n) is 7.29. The van der Waals surface area contributed by atoms with Crippen LogP contribution in [0.4, 0.5) is 5.69 Å². The number of rotatable bonds is 9. The molecule has 0 aliphatic rings. The summed E-state index contributed by atoms with van der Waals surface area (Å²) in [6.07, 6.45) is 1.28. The lowest BCUT2D eigenvalue weighted by Gasteiger charge is -2.11. The molecule has 122 valence electrons. The third kappa shape index (κ3) is 5.69. The van der Waals surface area contributed by atoms with Gasteiger partial charge < -0.3 is 15.4 Å². The van der Waals surface area contributed by atoms with E-state index in [4.69, 9.17) is 4.74 Å². The maximum absolute atomic E-state index is 11.6. The van der Waals surface area contributed by atoms with E-state index in [-0.39, 0.29) is 23.4 Å². The van der Waals surface area contributed by atoms with E-state index in [0.29, 0.717) is 19.5 Å². The minimum absolute atomic E-state index is 0.00237. The molecule has 0 saturated carbocycles. The molecule has 0 fully saturated rings. The van der Waals surface area contributed by atoms with E-state index < -0.39 is 4.92 Å². The van der Waals surface area contributed by atoms with Crippen LogP contribution in [-0.2, 0) is 11.3 Å². The zero-order valence-corrected chi connectivity index (χ0v) is 13.2. The number of hydrogen-bond donors (Lipinski definition) is 2. The van der Waals surface area contributed by atoms with Crippen LogP contribution < -0.4 is 15.4 Å². The Labute approximate surface area is 130 Å². The Kier molecular flexibility index (Phi) is 7.31. The molecule has 0 saturated heterocycles. The van der Waals surface area contributed by atoms with E-state index in [1.807, 2.05) is 13.8 Å². The summed E-state index contributed by atoms with van der Waals surface area (Å²) in [6.45, 7) is 4.95. The largest absolute Gasteiger partial charge is 0.490 e. The van der Waals surface area contributed by atoms with Crippen LogP contribution in [-0.4, -0.2) is 30.5 Å². The number of nitro benzene ring substituents is 1. The molecule has 7 heteroatoms. The fourth-order valence-corrected chi connectivity index (χ4v) is 1.87. The van der Waals surface area contributed by atoms with Crippen molar-refractivity contribution in [3.05, 3.63) is 33.9 Å². The molecule has 1 atom stereocenters. The van der Waals surface area contributed by atoms with Crippen LogP contribution in [0.2, 0.25) is 0 Å². The Morgan fingerprint density at radius 2 is 2.18 bits per heavy atom. The van der Waals surface area contributed by atoms with Gasteiger partial charge >= 0.3 is 5.69 Å². The molecular weight excluding hydrogens is 286 g/mol. The monoisotopic (exact) mass is 309 g/mol. The highest BCUT2D eigenvalue weighted by Gasteiger charge is 2.14. The van der Waals surface area contributed by atoms with Crippen LogP contribution >= 0.6 is 0 Å². The van der Waals surface area contributed by atoms with Crippen molar-refractivity contribution >= 4 is 11.6 Å². The molecule has 0 bridgehead atoms. The van der Waals surface area contributed by atoms with E-state index >= 15 is 0 Å². The smallest absolute Gasteiger partial charge is 0.311 e. The molecule has 1 aromatic rings. The maximum Gasteiger partial charge on any atom is 0.311 e. The van der Waals surface area contributed by atoms with Crippen molar-refractivity contribution in [3.8, 4) is 5.75 Å². The summed E-state index contributed by atoms with van der Waals surface area (Å²) in [4.78, 5) is 22.1. The van der Waals surface area contributed by atoms with Crippen molar-refractivity contribution in [3.63, 3.8) is 0 Å². The van der Waals surface area contributed by atoms with Gasteiger partial charge in [0.05, 0.1) is 12.0 Å². The Morgan fingerprint density at radius 3 is 2.77 bits per heavy atom. The molecular formula is C15H23N3O4. The van der Waals surface area contributed by atoms with Crippen molar-refractivity contribution in [2.75, 3.05) is 13.7 Å². The minimum Gasteiger partial charge on any atom is -0.490 e. The number of ether oxygens (including phenoxy) is 1. The summed E-state index contributed by atoms with van der Waals surface area (Å²) >= 11 is 0. The van der Waals surface area contributed by atoms with Crippen LogP contribution in [0.15, 0.2) is 18.2 Å². The molecule has 0 aromatic heterocycles. The molecule has 0 spiro atoms. The number of hydrogen-bond acceptors (Lipinski definition) is 5. The minimum atomic E-state index is -0.470. The second-order valence-electron chi connectivity index (χ2n) is 5.07. The molecule has 1 amide bonds. The second-order valence-corrected chi connectivity index (χ2v) is 5.07. The highest BCUT2D eigenvalue weighted by atomic mass is 16.6. The van der Waals surface area contributed by atoms with E-state index in [2.05, 4.69) is 10.6 Å². The molecule has 0 heterocycles. The fourth-order valence-electron chi connectivity index (χ4n) is 1.87. The van der Waals surface area contributed by atoms with Gasteiger partial charge in [0.2, 0.25) is 5.91 Å². The van der Waals surface area contributed by atoms with E-state index in [1.165, 1.54) is 13.2 Å². The Hall–Kier alpha value is -2.15. The molecule has 22 heavy (non-hydrogen) atoms. The van der Waals surface area contributed by atoms with E-state index in [1.54, 1.807) is 12.1 Å². The molecule has 1 aromatic carbocycles. The lowest BCUT2D eigenvalue weighted by molar-refractivity contribution is -0.385. The van der Waals surface area contributed by atoms with Crippen molar-refractivity contribution in [1.82, 2.24) is 10.6 Å². The van der Waals surface area contributed by atoms with Crippen LogP contribution in [0.25, 0.3) is 0 Å². The molecule has 1 unspecified atom stereocenters. The summed E-state index contributed by atoms with van der Waals surface area (Å²) in [5.41, 5.74) is 0.714. The number of nitrogens with one attached hydrogen (secondary N) is 2. The van der Waals surface area contributed by atoms with Gasteiger partial charge in [-0.3, -0.25) is 14.9 Å². The van der Waals surface area contributed by atoms with Crippen molar-refractivity contribution in [2.24, 2.45) is 0 Å². The summed E-state index contributed by atoms with van der Waals surface area (Å²) < 4.78 is 4.95. The number of nitro groups is 1. The number of benzene rings is 1. The van der Waals surface area contributed by atoms with Gasteiger partial charge in [-0.15, -0.1) is 0 Å². The number of carbonyl (C=O) groups is 1. The molecule has 0 aliphatic heterocycles. The number of nitrogens with zero attached hydrogens (tertiary/aromatic N) is 1. The lowest BCUT2D eigenvalue weighted by Crippen LogP contribution is -2.33. The Morgan fingerprint density at radius 1 is 1.45 bits per heavy atom. The van der Waals surface area contributed by atoms with Crippen molar-refractivity contribution in [1.29, 1.82) is 0 Å². The summed E-state index contributed by atoms with van der Waals surface area (Å²) in [6, 6.07) is 4.99. The van der Waals surface area contributed by atoms with Crippen LogP contribution in [0.1, 0.15) is 32.3 Å². The zero-order valence-electron chi connectivity index (χ0n) is 13.2. The SMILES string of the molecule is CCC(C)NC(=O)CCNCc1ccc(OC)c([N+](=O)[O-])c1. The van der Waals surface area contributed by atoms with Crippen molar-refractivity contribution < 1.29 is 14.5 Å². The van der Waals surface area contributed by atoms with Crippen LogP contribution in [0.3, 0.4) is 0 Å². The van der Waals surface area contributed by atoms with Gasteiger partial charge in [0.1, 0.15) is 0 Å². The first-order valence-corrected chi connectivity index (χ1v) is 7.29. The first kappa shape index (κ1) is 17.9. The fraction of sp³-hybridized carbons (Fsp3) is 0.533. The summed E-state index contributed by atoms with van der Waals surface area (Å²) in [5, 5.41) is 16.9. The third-order valence-electron chi connectivity index (χ3n) is 3.32. The Balaban J connectivity index is 2.44. The molecule has 0 radical (unpaired) electrons. The maximum atomic E-state index is 11.6. The predicted molar refractivity (Wildman–Crippen MR) is 83.9 cm³/mol. The molecule has 1 rings (SSSR count). The molecule has 2 N–H and O–H groups in total. The van der Waals surface area contributed by atoms with E-state index in [0.717, 1.165) is 12.0 Å². The quantitative estimate of drug-likeness (QED) is 0.413. The van der Waals surface area contributed by atoms with Gasteiger partial charge in [-0.05, 0) is 25.0 Å². The first-order chi connectivity index (χ1) is 10.5. The van der Waals surface area contributed by atoms with Crippen LogP contribution in [0.5, 0.6) is 5.75 Å². The van der Waals surface area contributed by atoms with Gasteiger partial charge in [-0.1, -0.05) is 13.0 Å². The van der Waals surface area contributed by atoms with Crippen LogP contribution in [0, 0.1) is 10.1 Å². The molecule has 7 nitrogen and oxygen atoms in total. The van der Waals surface area contributed by atoms with Gasteiger partial charge in [-0.25, -0.2) is 0 Å². The average molecular weight is 309 g/mol. The number of carbonyl (C=O) groups excluding carboxylic acids is 1. The Bertz CT molecular complexity index is 520. The molecule has 0 aliphatic carbocycles. The summed E-state index contributed by atoms with van der Waals surface area (Å²) in [7, 11) is 1.40. The topological polar surface area (TPSA) is 93.5 Å². The van der Waals surface area contributed by atoms with Gasteiger partial charge in [-0.2, -0.15) is 0 Å². The number of methoxy groups -OCH3 is 1. The van der Waals surface area contributed by atoms with E-state index in [9.17, 15) is 14.9 Å². The third-order valence-corrected chi connectivity index (χ3v) is 3.32. The zero-order chi connectivity index (χ0) is 16.5. The average Bonchev–Trinajstić information content (AvgIpc) is 2.51. The predicted octanol–water partition coefficient (Wildman–Crippen LogP) is 2.00. The van der Waals surface area contributed by atoms with Gasteiger partial charge in [0, 0.05) is 31.6 Å². The van der Waals surface area contributed by atoms with Gasteiger partial charge in [0.25, 0.3) is 0 Å². The second kappa shape index (κ2) is 8.99. The highest BCUT2D eigenvalue weighted by molar-refractivity contribution is 5.76. The highest BCUT2D eigenvalue weighted by Crippen LogP contribution is 2.27. The standard InChI is InChI=1S/C15H23N3O4/c1-4-11(2)17-15(19)7-8-16-10-12-5-6-14(22-3)13(9-12)18(20)21/h5-6,9,11,16H,4,7-8,10H2,1-3H3,(H,17,19). The van der Waals surface area contributed by atoms with Gasteiger partial charge in [0.15, 0.2) is 5.75 Å². The van der Waals surface area contributed by atoms with Crippen molar-refractivity contribution in [2.45, 2.75) is 39.3 Å². The summed E-state index contributed by atoms with van der Waals surface area (Å²) in [5.74, 6) is 0.240. The lowest BCUT2D eigenvalue weighted by atomic mass is 10.2. The number of amides is 1. The normalized spacial score (nSPS) is 11.8.